The maximum absolute atomic E-state index is 11.9. The maximum atomic E-state index is 11.9. The number of amides is 1. The Balaban J connectivity index is 1.90. The second kappa shape index (κ2) is 7.69. The largest absolute Gasteiger partial charge is 0.477 e. The fourth-order valence-electron chi connectivity index (χ4n) is 2.02. The molecule has 0 fully saturated rings. The van der Waals surface area contributed by atoms with E-state index in [1.807, 2.05) is 35.1 Å². The normalized spacial score (nSPS) is 11.0. The zero-order valence-electron chi connectivity index (χ0n) is 12.7. The Kier molecular flexibility index (Phi) is 5.64. The third kappa shape index (κ3) is 5.17. The van der Waals surface area contributed by atoms with Gasteiger partial charge in [0.2, 0.25) is 10.0 Å². The summed E-state index contributed by atoms with van der Waals surface area (Å²) in [6, 6.07) is 11.8. The summed E-state index contributed by atoms with van der Waals surface area (Å²) in [5, 5.41) is 8.73. The quantitative estimate of drug-likeness (QED) is 0.783. The van der Waals surface area contributed by atoms with Crippen molar-refractivity contribution >= 4 is 21.9 Å². The second-order valence-electron chi connectivity index (χ2n) is 5.08. The molecule has 126 valence electrons. The van der Waals surface area contributed by atoms with Crippen LogP contribution in [0.25, 0.3) is 0 Å². The standard InChI is InChI=1S/C16H16N2O5S/c19-15(13-8-9-14(16(20)21)17-11-13)18-24(22,23)10-4-7-12-5-2-1-3-6-12/h1-3,5-6,8-9,11H,4,7,10H2,(H,18,19)(H,20,21). The van der Waals surface area contributed by atoms with Crippen molar-refractivity contribution in [2.24, 2.45) is 0 Å². The number of aromatic nitrogens is 1. The zero-order chi connectivity index (χ0) is 17.6. The SMILES string of the molecule is O=C(NS(=O)(=O)CCCc1ccccc1)c1ccc(C(=O)O)nc1. The molecular weight excluding hydrogens is 332 g/mol. The van der Waals surface area contributed by atoms with Gasteiger partial charge in [0.15, 0.2) is 0 Å². The highest BCUT2D eigenvalue weighted by molar-refractivity contribution is 7.90. The molecule has 0 spiro atoms. The molecule has 1 aromatic heterocycles. The van der Waals surface area contributed by atoms with Crippen molar-refractivity contribution in [2.45, 2.75) is 12.8 Å². The van der Waals surface area contributed by atoms with E-state index in [1.54, 1.807) is 0 Å². The maximum Gasteiger partial charge on any atom is 0.354 e. The number of nitrogens with one attached hydrogen (secondary N) is 1. The van der Waals surface area contributed by atoms with E-state index >= 15 is 0 Å². The van der Waals surface area contributed by atoms with Gasteiger partial charge in [-0.05, 0) is 30.5 Å². The first-order valence-corrected chi connectivity index (χ1v) is 8.81. The average molecular weight is 348 g/mol. The second-order valence-corrected chi connectivity index (χ2v) is 6.92. The third-order valence-electron chi connectivity index (χ3n) is 3.21. The number of aryl methyl sites for hydroxylation is 1. The number of carboxylic acids is 1. The van der Waals surface area contributed by atoms with Gasteiger partial charge in [-0.15, -0.1) is 0 Å². The van der Waals surface area contributed by atoms with Crippen molar-refractivity contribution in [3.8, 4) is 0 Å². The number of carboxylic acid groups (broad SMARTS) is 1. The number of pyridine rings is 1. The molecule has 0 saturated heterocycles. The molecular formula is C16H16N2O5S. The van der Waals surface area contributed by atoms with E-state index in [0.29, 0.717) is 12.8 Å². The zero-order valence-corrected chi connectivity index (χ0v) is 13.5. The van der Waals surface area contributed by atoms with Crippen LogP contribution in [0.1, 0.15) is 32.8 Å². The van der Waals surface area contributed by atoms with Gasteiger partial charge < -0.3 is 5.11 Å². The van der Waals surface area contributed by atoms with E-state index in [1.165, 1.54) is 6.07 Å². The van der Waals surface area contributed by atoms with E-state index in [4.69, 9.17) is 5.11 Å². The lowest BCUT2D eigenvalue weighted by atomic mass is 10.1. The van der Waals surface area contributed by atoms with Crippen molar-refractivity contribution in [3.05, 3.63) is 65.5 Å². The van der Waals surface area contributed by atoms with Crippen LogP contribution in [-0.2, 0) is 16.4 Å². The molecule has 0 radical (unpaired) electrons. The van der Waals surface area contributed by atoms with E-state index in [2.05, 4.69) is 4.98 Å². The summed E-state index contributed by atoms with van der Waals surface area (Å²) < 4.78 is 25.8. The monoisotopic (exact) mass is 348 g/mol. The number of aromatic carboxylic acids is 1. The molecule has 0 bridgehead atoms. The molecule has 24 heavy (non-hydrogen) atoms. The Labute approximate surface area is 139 Å². The molecule has 2 rings (SSSR count). The van der Waals surface area contributed by atoms with Crippen LogP contribution in [0, 0.1) is 0 Å². The number of carbonyl (C=O) groups is 2. The first kappa shape index (κ1) is 17.6. The van der Waals surface area contributed by atoms with Crippen LogP contribution < -0.4 is 4.72 Å². The van der Waals surface area contributed by atoms with Crippen LogP contribution in [0.4, 0.5) is 0 Å². The van der Waals surface area contributed by atoms with Gasteiger partial charge in [-0.3, -0.25) is 4.79 Å². The fraction of sp³-hybridized carbons (Fsp3) is 0.188. The lowest BCUT2D eigenvalue weighted by molar-refractivity contribution is 0.0689. The van der Waals surface area contributed by atoms with Crippen LogP contribution >= 0.6 is 0 Å². The number of nitrogens with zero attached hydrogens (tertiary/aromatic N) is 1. The van der Waals surface area contributed by atoms with Crippen molar-refractivity contribution in [1.82, 2.24) is 9.71 Å². The molecule has 0 aliphatic carbocycles. The third-order valence-corrected chi connectivity index (χ3v) is 4.54. The minimum absolute atomic E-state index is 0.0216. The molecule has 1 amide bonds. The number of hydrogen-bond acceptors (Lipinski definition) is 5. The molecule has 0 atom stereocenters. The highest BCUT2D eigenvalue weighted by atomic mass is 32.2. The van der Waals surface area contributed by atoms with Crippen molar-refractivity contribution in [1.29, 1.82) is 0 Å². The predicted octanol–water partition coefficient (Wildman–Crippen LogP) is 1.47. The summed E-state index contributed by atoms with van der Waals surface area (Å²) in [6.07, 6.45) is 1.99. The van der Waals surface area contributed by atoms with Crippen LogP contribution in [-0.4, -0.2) is 36.1 Å². The van der Waals surface area contributed by atoms with Gasteiger partial charge in [0.1, 0.15) is 5.69 Å². The number of rotatable bonds is 7. The summed E-state index contributed by atoms with van der Waals surface area (Å²) in [6.45, 7) is 0. The summed E-state index contributed by atoms with van der Waals surface area (Å²) in [5.41, 5.74) is 0.774. The molecule has 0 aliphatic heterocycles. The van der Waals surface area contributed by atoms with Crippen LogP contribution in [0.2, 0.25) is 0 Å². The Morgan fingerprint density at radius 3 is 2.38 bits per heavy atom. The molecule has 0 aliphatic rings. The lowest BCUT2D eigenvalue weighted by Gasteiger charge is -2.07. The first-order valence-electron chi connectivity index (χ1n) is 7.15. The number of carbonyl (C=O) groups excluding carboxylic acids is 1. The fourth-order valence-corrected chi connectivity index (χ4v) is 3.04. The van der Waals surface area contributed by atoms with E-state index in [-0.39, 0.29) is 17.0 Å². The van der Waals surface area contributed by atoms with Crippen molar-refractivity contribution < 1.29 is 23.1 Å². The van der Waals surface area contributed by atoms with Gasteiger partial charge in [-0.25, -0.2) is 22.9 Å². The topological polar surface area (TPSA) is 113 Å². The highest BCUT2D eigenvalue weighted by Gasteiger charge is 2.16. The molecule has 2 aromatic rings. The van der Waals surface area contributed by atoms with E-state index in [0.717, 1.165) is 17.8 Å². The Hall–Kier alpha value is -2.74. The average Bonchev–Trinajstić information content (AvgIpc) is 2.55. The Bertz CT molecular complexity index is 817. The summed E-state index contributed by atoms with van der Waals surface area (Å²) >= 11 is 0. The Morgan fingerprint density at radius 1 is 1.08 bits per heavy atom. The predicted molar refractivity (Wildman–Crippen MR) is 87.2 cm³/mol. The van der Waals surface area contributed by atoms with Crippen LogP contribution in [0.3, 0.4) is 0 Å². The first-order chi connectivity index (χ1) is 11.4. The van der Waals surface area contributed by atoms with Crippen LogP contribution in [0.5, 0.6) is 0 Å². The molecule has 0 unspecified atom stereocenters. The van der Waals surface area contributed by atoms with Gasteiger partial charge in [0.05, 0.1) is 11.3 Å². The van der Waals surface area contributed by atoms with Gasteiger partial charge >= 0.3 is 5.97 Å². The molecule has 2 N–H and O–H groups in total. The molecule has 0 saturated carbocycles. The highest BCUT2D eigenvalue weighted by Crippen LogP contribution is 2.05. The minimum Gasteiger partial charge on any atom is -0.477 e. The van der Waals surface area contributed by atoms with Crippen molar-refractivity contribution in [2.75, 3.05) is 5.75 Å². The number of benzene rings is 1. The minimum atomic E-state index is -3.77. The van der Waals surface area contributed by atoms with E-state index < -0.39 is 21.9 Å². The molecule has 8 heteroatoms. The number of sulfonamides is 1. The van der Waals surface area contributed by atoms with Gasteiger partial charge in [-0.1, -0.05) is 30.3 Å². The molecule has 1 heterocycles. The van der Waals surface area contributed by atoms with Gasteiger partial charge in [0, 0.05) is 6.20 Å². The van der Waals surface area contributed by atoms with Gasteiger partial charge in [0.25, 0.3) is 5.91 Å². The molecule has 7 nitrogen and oxygen atoms in total. The number of hydrogen-bond donors (Lipinski definition) is 2. The van der Waals surface area contributed by atoms with Crippen LogP contribution in [0.15, 0.2) is 48.7 Å². The molecule has 1 aromatic carbocycles. The smallest absolute Gasteiger partial charge is 0.354 e. The Morgan fingerprint density at radius 2 is 1.79 bits per heavy atom. The lowest BCUT2D eigenvalue weighted by Crippen LogP contribution is -2.32. The van der Waals surface area contributed by atoms with Crippen molar-refractivity contribution in [3.63, 3.8) is 0 Å². The summed E-state index contributed by atoms with van der Waals surface area (Å²) in [7, 11) is -3.77. The van der Waals surface area contributed by atoms with E-state index in [9.17, 15) is 18.0 Å². The van der Waals surface area contributed by atoms with Gasteiger partial charge in [-0.2, -0.15) is 0 Å². The summed E-state index contributed by atoms with van der Waals surface area (Å²) in [5.74, 6) is -2.25. The summed E-state index contributed by atoms with van der Waals surface area (Å²) in [4.78, 5) is 26.2.